The molecule has 1 spiro atoms. The topological polar surface area (TPSA) is 53.8 Å². The highest BCUT2D eigenvalue weighted by Gasteiger charge is 2.66. The Morgan fingerprint density at radius 2 is 2.09 bits per heavy atom. The van der Waals surface area contributed by atoms with E-state index in [1.807, 2.05) is 12.2 Å². The van der Waals surface area contributed by atoms with Gasteiger partial charge in [0, 0.05) is 49.2 Å². The van der Waals surface area contributed by atoms with Crippen molar-refractivity contribution in [2.24, 2.45) is 5.41 Å². The van der Waals surface area contributed by atoms with E-state index in [1.165, 1.54) is 5.56 Å². The van der Waals surface area contributed by atoms with Crippen LogP contribution in [0.4, 0.5) is 0 Å². The second kappa shape index (κ2) is 9.00. The number of furan rings is 1. The van der Waals surface area contributed by atoms with Crippen LogP contribution >= 0.6 is 0 Å². The van der Waals surface area contributed by atoms with Crippen molar-refractivity contribution in [3.8, 4) is 0 Å². The molecule has 5 heteroatoms. The Morgan fingerprint density at radius 3 is 2.91 bits per heavy atom. The molecule has 4 atom stereocenters. The smallest absolute Gasteiger partial charge is 0.223 e. The molecule has 2 saturated heterocycles. The molecule has 0 radical (unpaired) electrons. The Balaban J connectivity index is 1.57. The molecule has 2 amide bonds. The van der Waals surface area contributed by atoms with Crippen LogP contribution in [-0.4, -0.2) is 40.7 Å². The quantitative estimate of drug-likeness (QED) is 0.444. The summed E-state index contributed by atoms with van der Waals surface area (Å²) in [6.07, 6.45) is 16.8. The molecule has 0 aromatic carbocycles. The van der Waals surface area contributed by atoms with E-state index in [0.717, 1.165) is 69.4 Å². The molecule has 1 aliphatic carbocycles. The van der Waals surface area contributed by atoms with Crippen LogP contribution in [0.15, 0.2) is 47.9 Å². The molecule has 0 N–H and O–H groups in total. The summed E-state index contributed by atoms with van der Waals surface area (Å²) in [6.45, 7) is 9.40. The Kier molecular flexibility index (Phi) is 6.07. The monoisotopic (exact) mass is 448 g/mol. The normalized spacial score (nSPS) is 31.9. The Hall–Kier alpha value is -2.56. The number of piperidine rings is 1. The molecule has 5 nitrogen and oxygen atoms in total. The second-order valence-corrected chi connectivity index (χ2v) is 10.2. The minimum absolute atomic E-state index is 0.0210. The fourth-order valence-corrected chi connectivity index (χ4v) is 6.79. The molecule has 5 aliphatic rings. The van der Waals surface area contributed by atoms with Gasteiger partial charge in [0.05, 0.1) is 12.1 Å². The minimum Gasteiger partial charge on any atom is -0.464 e. The zero-order chi connectivity index (χ0) is 23.0. The third-order valence-electron chi connectivity index (χ3n) is 8.28. The van der Waals surface area contributed by atoms with E-state index in [1.54, 1.807) is 0 Å². The van der Waals surface area contributed by atoms with Gasteiger partial charge in [0.15, 0.2) is 0 Å². The fraction of sp³-hybridized carbons (Fsp3) is 0.571. The van der Waals surface area contributed by atoms with Crippen LogP contribution in [0.3, 0.4) is 0 Å². The predicted octanol–water partition coefficient (Wildman–Crippen LogP) is 5.45. The van der Waals surface area contributed by atoms with Gasteiger partial charge in [-0.15, -0.1) is 13.2 Å². The number of rotatable bonds is 5. The molecular weight excluding hydrogens is 412 g/mol. The van der Waals surface area contributed by atoms with Gasteiger partial charge in [-0.3, -0.25) is 9.59 Å². The molecule has 6 bridgehead atoms. The van der Waals surface area contributed by atoms with Gasteiger partial charge in [-0.25, -0.2) is 0 Å². The highest BCUT2D eigenvalue weighted by molar-refractivity contribution is 5.81. The number of fused-ring (bicyclic) bond motifs is 7. The summed E-state index contributed by atoms with van der Waals surface area (Å²) < 4.78 is 6.52. The molecule has 5 heterocycles. The number of hydrogen-bond donors (Lipinski definition) is 0. The van der Waals surface area contributed by atoms with Gasteiger partial charge in [-0.1, -0.05) is 24.3 Å². The summed E-state index contributed by atoms with van der Waals surface area (Å²) in [4.78, 5) is 30.9. The highest BCUT2D eigenvalue weighted by atomic mass is 16.3. The molecule has 6 rings (SSSR count). The molecule has 1 aromatic rings. The molecule has 33 heavy (non-hydrogen) atoms. The minimum atomic E-state index is -0.175. The summed E-state index contributed by atoms with van der Waals surface area (Å²) in [6, 6.07) is 2.06. The number of likely N-dealkylation sites (tertiary alicyclic amines) is 1. The van der Waals surface area contributed by atoms with Crippen LogP contribution in [0, 0.1) is 5.41 Å². The first-order valence-electron chi connectivity index (χ1n) is 12.7. The first-order chi connectivity index (χ1) is 16.1. The van der Waals surface area contributed by atoms with Gasteiger partial charge in [0.2, 0.25) is 11.8 Å². The number of hydrogen-bond acceptors (Lipinski definition) is 3. The Morgan fingerprint density at radius 1 is 1.24 bits per heavy atom. The van der Waals surface area contributed by atoms with Crippen LogP contribution in [0.2, 0.25) is 0 Å². The van der Waals surface area contributed by atoms with E-state index in [2.05, 4.69) is 41.2 Å². The lowest BCUT2D eigenvalue weighted by molar-refractivity contribution is -0.141. The third-order valence-corrected chi connectivity index (χ3v) is 8.28. The second-order valence-electron chi connectivity index (χ2n) is 10.2. The highest BCUT2D eigenvalue weighted by Crippen LogP contribution is 2.67. The number of amides is 2. The summed E-state index contributed by atoms with van der Waals surface area (Å²) in [5, 5.41) is 0. The number of nitrogens with zero attached hydrogens (tertiary/aromatic N) is 2. The summed E-state index contributed by atoms with van der Waals surface area (Å²) in [5.41, 5.74) is 1.000. The van der Waals surface area contributed by atoms with E-state index >= 15 is 0 Å². The van der Waals surface area contributed by atoms with Gasteiger partial charge in [0.1, 0.15) is 11.5 Å². The van der Waals surface area contributed by atoms with Gasteiger partial charge >= 0.3 is 0 Å². The lowest BCUT2D eigenvalue weighted by atomic mass is 9.68. The Labute approximate surface area is 197 Å². The lowest BCUT2D eigenvalue weighted by Gasteiger charge is -2.45. The first kappa shape index (κ1) is 22.2. The average molecular weight is 449 g/mol. The summed E-state index contributed by atoms with van der Waals surface area (Å²) in [5.74, 6) is 2.44. The molecule has 0 unspecified atom stereocenters. The van der Waals surface area contributed by atoms with Crippen LogP contribution < -0.4 is 0 Å². The maximum atomic E-state index is 13.5. The largest absolute Gasteiger partial charge is 0.464 e. The van der Waals surface area contributed by atoms with E-state index in [4.69, 9.17) is 4.42 Å². The van der Waals surface area contributed by atoms with Crippen molar-refractivity contribution >= 4 is 11.8 Å². The van der Waals surface area contributed by atoms with Crippen LogP contribution in [0.5, 0.6) is 0 Å². The van der Waals surface area contributed by atoms with Crippen molar-refractivity contribution < 1.29 is 14.0 Å². The van der Waals surface area contributed by atoms with Crippen molar-refractivity contribution in [1.29, 1.82) is 0 Å². The SMILES string of the molecule is C=CCCCC(=O)N1[C@H]2c3oc4cc3[C@@H]3CC(=O)N(CCCC/C=C\CC4)C[C@]23C[C@@H]1C=C. The van der Waals surface area contributed by atoms with Crippen LogP contribution in [0.1, 0.15) is 86.8 Å². The van der Waals surface area contributed by atoms with Crippen molar-refractivity contribution in [3.63, 3.8) is 0 Å². The number of allylic oxidation sites excluding steroid dienone is 3. The van der Waals surface area contributed by atoms with Crippen molar-refractivity contribution in [1.82, 2.24) is 9.80 Å². The summed E-state index contributed by atoms with van der Waals surface area (Å²) in [7, 11) is 0. The van der Waals surface area contributed by atoms with E-state index in [0.29, 0.717) is 19.4 Å². The zero-order valence-electron chi connectivity index (χ0n) is 19.6. The van der Waals surface area contributed by atoms with Gasteiger partial charge in [-0.05, 0) is 51.0 Å². The predicted molar refractivity (Wildman–Crippen MR) is 129 cm³/mol. The van der Waals surface area contributed by atoms with Crippen molar-refractivity contribution in [2.45, 2.75) is 82.2 Å². The van der Waals surface area contributed by atoms with E-state index < -0.39 is 0 Å². The average Bonchev–Trinajstić information content (AvgIpc) is 3.41. The maximum Gasteiger partial charge on any atom is 0.223 e. The molecular formula is C28H36N2O3. The zero-order valence-corrected chi connectivity index (χ0v) is 19.6. The number of carbonyl (C=O) groups is 2. The van der Waals surface area contributed by atoms with Gasteiger partial charge in [0.25, 0.3) is 0 Å². The third kappa shape index (κ3) is 3.70. The van der Waals surface area contributed by atoms with E-state index in [-0.39, 0.29) is 35.2 Å². The van der Waals surface area contributed by atoms with Crippen molar-refractivity contribution in [2.75, 3.05) is 13.1 Å². The molecule has 1 aromatic heterocycles. The van der Waals surface area contributed by atoms with Crippen molar-refractivity contribution in [3.05, 3.63) is 60.6 Å². The van der Waals surface area contributed by atoms with Crippen LogP contribution in [-0.2, 0) is 16.0 Å². The van der Waals surface area contributed by atoms with Gasteiger partial charge in [-0.2, -0.15) is 0 Å². The first-order valence-corrected chi connectivity index (χ1v) is 12.7. The molecule has 0 saturated carbocycles. The van der Waals surface area contributed by atoms with E-state index in [9.17, 15) is 9.59 Å². The molecule has 176 valence electrons. The number of carbonyl (C=O) groups excluding carboxylic acids is 2. The van der Waals surface area contributed by atoms with Crippen LogP contribution in [0.25, 0.3) is 0 Å². The standard InChI is InChI=1S/C28H36N2O3/c1-3-5-10-14-24(31)30-20(4-2)18-28-19-29-15-12-9-7-6-8-11-13-21-16-22(23(28)17-25(29)32)26(33-21)27(28)30/h3-4,6,8,16,20,23,27H,1-2,5,7,9-15,17-19H2/b8-6-/t20-,23-,27-,28-/m0/s1. The van der Waals surface area contributed by atoms with Gasteiger partial charge < -0.3 is 14.2 Å². The molecule has 2 fully saturated rings. The fourth-order valence-electron chi connectivity index (χ4n) is 6.79. The molecule has 4 aliphatic heterocycles. The lowest BCUT2D eigenvalue weighted by Crippen LogP contribution is -2.50. The number of aryl methyl sites for hydroxylation is 1. The Bertz CT molecular complexity index is 976. The maximum absolute atomic E-state index is 13.5. The number of unbranched alkanes of at least 4 members (excludes halogenated alkanes) is 1. The summed E-state index contributed by atoms with van der Waals surface area (Å²) >= 11 is 0.